The van der Waals surface area contributed by atoms with Gasteiger partial charge in [-0.1, -0.05) is 0 Å². The van der Waals surface area contributed by atoms with Crippen LogP contribution in [0.1, 0.15) is 5.69 Å². The minimum atomic E-state index is -4.50. The topological polar surface area (TPSA) is 101 Å². The van der Waals surface area contributed by atoms with Gasteiger partial charge in [-0.2, -0.15) is 13.2 Å². The van der Waals surface area contributed by atoms with Crippen LogP contribution in [-0.2, 0) is 6.18 Å². The lowest BCUT2D eigenvalue weighted by Crippen LogP contribution is -2.44. The molecular formula is C23H21F3N8O. The number of ether oxygens (including phenoxy) is 1. The number of hydrogen-bond acceptors (Lipinski definition) is 9. The van der Waals surface area contributed by atoms with E-state index in [9.17, 15) is 13.2 Å². The average molecular weight is 482 g/mol. The molecule has 4 aromatic heterocycles. The Morgan fingerprint density at radius 2 is 1.86 bits per heavy atom. The fraction of sp³-hybridized carbons (Fsp3) is 0.261. The van der Waals surface area contributed by atoms with Crippen LogP contribution < -0.4 is 20.3 Å². The van der Waals surface area contributed by atoms with E-state index in [0.29, 0.717) is 34.2 Å². The Morgan fingerprint density at radius 3 is 2.57 bits per heavy atom. The Hall–Kier alpha value is -4.06. The second kappa shape index (κ2) is 9.29. The maximum atomic E-state index is 12.8. The number of nitrogens with one attached hydrogen (secondary N) is 2. The predicted octanol–water partition coefficient (Wildman–Crippen LogP) is 3.66. The van der Waals surface area contributed by atoms with Crippen LogP contribution in [0.15, 0.2) is 49.1 Å². The molecule has 35 heavy (non-hydrogen) atoms. The zero-order chi connectivity index (χ0) is 24.4. The van der Waals surface area contributed by atoms with Crippen molar-refractivity contribution in [3.05, 3.63) is 54.7 Å². The van der Waals surface area contributed by atoms with Crippen LogP contribution in [0.3, 0.4) is 0 Å². The predicted molar refractivity (Wildman–Crippen MR) is 125 cm³/mol. The van der Waals surface area contributed by atoms with Gasteiger partial charge in [0.15, 0.2) is 5.82 Å². The molecule has 5 heterocycles. The SMILES string of the molecule is COc1cncc2nc(-c3ccnc(Nc4ccc(C(F)(F)F)nc4)c3)nc(N3CCNCC3)c12. The highest BCUT2D eigenvalue weighted by molar-refractivity contribution is 5.95. The Balaban J connectivity index is 1.51. The first kappa shape index (κ1) is 22.7. The third-order valence-corrected chi connectivity index (χ3v) is 5.53. The molecule has 9 nitrogen and oxygen atoms in total. The summed E-state index contributed by atoms with van der Waals surface area (Å²) in [4.78, 5) is 23.7. The van der Waals surface area contributed by atoms with Crippen LogP contribution >= 0.6 is 0 Å². The summed E-state index contributed by atoms with van der Waals surface area (Å²) in [6, 6.07) is 5.72. The van der Waals surface area contributed by atoms with Crippen LogP contribution in [0.5, 0.6) is 5.75 Å². The van der Waals surface area contributed by atoms with Crippen LogP contribution in [0, 0.1) is 0 Å². The third kappa shape index (κ3) is 4.78. The van der Waals surface area contributed by atoms with Crippen LogP contribution in [0.25, 0.3) is 22.3 Å². The maximum Gasteiger partial charge on any atom is 0.433 e. The summed E-state index contributed by atoms with van der Waals surface area (Å²) in [7, 11) is 1.59. The van der Waals surface area contributed by atoms with Crippen molar-refractivity contribution in [2.24, 2.45) is 0 Å². The molecule has 0 saturated carbocycles. The zero-order valence-electron chi connectivity index (χ0n) is 18.7. The summed E-state index contributed by atoms with van der Waals surface area (Å²) in [5.41, 5.74) is 0.737. The van der Waals surface area contributed by atoms with E-state index in [4.69, 9.17) is 14.7 Å². The number of hydrogen-bond donors (Lipinski definition) is 2. The normalized spacial score (nSPS) is 14.2. The second-order valence-electron chi connectivity index (χ2n) is 7.83. The number of piperazine rings is 1. The maximum absolute atomic E-state index is 12.8. The molecule has 1 aliphatic rings. The van der Waals surface area contributed by atoms with Gasteiger partial charge in [-0.25, -0.2) is 19.9 Å². The van der Waals surface area contributed by atoms with Gasteiger partial charge in [0.25, 0.3) is 0 Å². The number of nitrogens with zero attached hydrogens (tertiary/aromatic N) is 6. The summed E-state index contributed by atoms with van der Waals surface area (Å²) < 4.78 is 43.9. The Morgan fingerprint density at radius 1 is 1.03 bits per heavy atom. The first-order valence-electron chi connectivity index (χ1n) is 10.8. The molecule has 1 saturated heterocycles. The van der Waals surface area contributed by atoms with Crippen molar-refractivity contribution in [1.82, 2.24) is 30.2 Å². The Bertz CT molecular complexity index is 1340. The lowest BCUT2D eigenvalue weighted by molar-refractivity contribution is -0.141. The summed E-state index contributed by atoms with van der Waals surface area (Å²) >= 11 is 0. The molecule has 0 atom stereocenters. The van der Waals surface area contributed by atoms with Crippen molar-refractivity contribution in [2.75, 3.05) is 43.5 Å². The smallest absolute Gasteiger partial charge is 0.433 e. The summed E-state index contributed by atoms with van der Waals surface area (Å²) in [6.07, 6.45) is 1.51. The fourth-order valence-corrected chi connectivity index (χ4v) is 3.85. The molecule has 1 aliphatic heterocycles. The van der Waals surface area contributed by atoms with Crippen molar-refractivity contribution in [2.45, 2.75) is 6.18 Å². The quantitative estimate of drug-likeness (QED) is 0.441. The molecule has 5 rings (SSSR count). The number of fused-ring (bicyclic) bond motifs is 1. The van der Waals surface area contributed by atoms with Gasteiger partial charge in [-0.05, 0) is 24.3 Å². The van der Waals surface area contributed by atoms with Crippen molar-refractivity contribution in [3.8, 4) is 17.1 Å². The Kier molecular flexibility index (Phi) is 6.03. The molecule has 2 N–H and O–H groups in total. The highest BCUT2D eigenvalue weighted by Crippen LogP contribution is 2.34. The molecule has 180 valence electrons. The Labute approximate surface area is 198 Å². The molecule has 0 unspecified atom stereocenters. The summed E-state index contributed by atoms with van der Waals surface area (Å²) in [6.45, 7) is 3.22. The van der Waals surface area contributed by atoms with E-state index in [1.165, 1.54) is 6.07 Å². The highest BCUT2D eigenvalue weighted by Gasteiger charge is 2.32. The zero-order valence-corrected chi connectivity index (χ0v) is 18.7. The van der Waals surface area contributed by atoms with Gasteiger partial charge in [-0.3, -0.25) is 4.98 Å². The molecule has 12 heteroatoms. The fourth-order valence-electron chi connectivity index (χ4n) is 3.85. The number of rotatable bonds is 5. The van der Waals surface area contributed by atoms with Crippen molar-refractivity contribution >= 4 is 28.2 Å². The lowest BCUT2D eigenvalue weighted by atomic mass is 10.2. The van der Waals surface area contributed by atoms with Gasteiger partial charge in [0, 0.05) is 37.9 Å². The van der Waals surface area contributed by atoms with Crippen molar-refractivity contribution < 1.29 is 17.9 Å². The van der Waals surface area contributed by atoms with Crippen LogP contribution in [0.2, 0.25) is 0 Å². The van der Waals surface area contributed by atoms with E-state index in [2.05, 4.69) is 30.5 Å². The first-order chi connectivity index (χ1) is 16.9. The highest BCUT2D eigenvalue weighted by atomic mass is 19.4. The van der Waals surface area contributed by atoms with Gasteiger partial charge in [0.2, 0.25) is 0 Å². The lowest BCUT2D eigenvalue weighted by Gasteiger charge is -2.29. The van der Waals surface area contributed by atoms with Crippen molar-refractivity contribution in [1.29, 1.82) is 0 Å². The molecule has 1 fully saturated rings. The number of pyridine rings is 3. The summed E-state index contributed by atoms with van der Waals surface area (Å²) in [5, 5.41) is 7.10. The van der Waals surface area contributed by atoms with Crippen LogP contribution in [0.4, 0.5) is 30.5 Å². The van der Waals surface area contributed by atoms with Gasteiger partial charge in [0.1, 0.15) is 23.1 Å². The van der Waals surface area contributed by atoms with E-state index in [0.717, 1.165) is 49.6 Å². The number of aromatic nitrogens is 5. The van der Waals surface area contributed by atoms with Gasteiger partial charge in [0.05, 0.1) is 42.3 Å². The minimum absolute atomic E-state index is 0.373. The molecule has 0 amide bonds. The van der Waals surface area contributed by atoms with E-state index >= 15 is 0 Å². The van der Waals surface area contributed by atoms with E-state index in [1.54, 1.807) is 37.8 Å². The second-order valence-corrected chi connectivity index (χ2v) is 7.83. The number of methoxy groups -OCH3 is 1. The molecular weight excluding hydrogens is 461 g/mol. The van der Waals surface area contributed by atoms with Gasteiger partial charge in [-0.15, -0.1) is 0 Å². The van der Waals surface area contributed by atoms with Crippen molar-refractivity contribution in [3.63, 3.8) is 0 Å². The number of anilines is 3. The monoisotopic (exact) mass is 482 g/mol. The largest absolute Gasteiger partial charge is 0.494 e. The van der Waals surface area contributed by atoms with Gasteiger partial charge < -0.3 is 20.3 Å². The number of halogens is 3. The average Bonchev–Trinajstić information content (AvgIpc) is 2.88. The molecule has 4 aromatic rings. The number of alkyl halides is 3. The van der Waals surface area contributed by atoms with E-state index in [-0.39, 0.29) is 0 Å². The van der Waals surface area contributed by atoms with E-state index < -0.39 is 11.9 Å². The molecule has 0 bridgehead atoms. The standard InChI is InChI=1S/C23H21F3N8O/c1-35-17-13-28-12-16-20(17)22(34-8-6-27-7-9-34)33-21(32-16)14-4-5-29-19(10-14)31-15-2-3-18(30-11-15)23(24,25)26/h2-5,10-13,27H,6-9H2,1H3,(H,29,31). The first-order valence-corrected chi connectivity index (χ1v) is 10.8. The minimum Gasteiger partial charge on any atom is -0.494 e. The molecule has 0 aliphatic carbocycles. The van der Waals surface area contributed by atoms with E-state index in [1.807, 2.05) is 0 Å². The molecule has 0 radical (unpaired) electrons. The molecule has 0 spiro atoms. The third-order valence-electron chi connectivity index (χ3n) is 5.53. The van der Waals surface area contributed by atoms with Gasteiger partial charge >= 0.3 is 6.18 Å². The summed E-state index contributed by atoms with van der Waals surface area (Å²) in [5.74, 6) is 2.23. The van der Waals surface area contributed by atoms with Crippen LogP contribution in [-0.4, -0.2) is 58.2 Å². The molecule has 0 aromatic carbocycles.